The minimum Gasteiger partial charge on any atom is -0.322 e. The summed E-state index contributed by atoms with van der Waals surface area (Å²) >= 11 is 0. The van der Waals surface area contributed by atoms with Crippen LogP contribution in [-0.4, -0.2) is 4.98 Å². The van der Waals surface area contributed by atoms with Gasteiger partial charge in [0, 0.05) is 22.9 Å². The molecular formula is C12H9NO. The Labute approximate surface area is 80.9 Å². The Morgan fingerprint density at radius 1 is 1.29 bits per heavy atom. The van der Waals surface area contributed by atoms with Crippen LogP contribution in [0.2, 0.25) is 0 Å². The average molecular weight is 183 g/mol. The zero-order valence-electron chi connectivity index (χ0n) is 7.63. The van der Waals surface area contributed by atoms with Crippen molar-refractivity contribution < 1.29 is 0 Å². The molecule has 0 fully saturated rings. The molecule has 0 spiro atoms. The SMILES string of the molecule is C=C1Cc2c1c1ccccc1[nH]c2=O. The first-order chi connectivity index (χ1) is 6.77. The van der Waals surface area contributed by atoms with Crippen LogP contribution >= 0.6 is 0 Å². The molecule has 0 aliphatic heterocycles. The van der Waals surface area contributed by atoms with Crippen LogP contribution in [0.3, 0.4) is 0 Å². The summed E-state index contributed by atoms with van der Waals surface area (Å²) in [5.41, 5.74) is 3.95. The van der Waals surface area contributed by atoms with Gasteiger partial charge in [0.25, 0.3) is 5.56 Å². The van der Waals surface area contributed by atoms with E-state index in [0.29, 0.717) is 0 Å². The highest BCUT2D eigenvalue weighted by atomic mass is 16.1. The van der Waals surface area contributed by atoms with Gasteiger partial charge in [-0.1, -0.05) is 24.8 Å². The van der Waals surface area contributed by atoms with E-state index in [2.05, 4.69) is 11.6 Å². The molecule has 1 aromatic carbocycles. The third-order valence-corrected chi connectivity index (χ3v) is 2.76. The molecule has 2 aromatic rings. The van der Waals surface area contributed by atoms with Gasteiger partial charge in [0.05, 0.1) is 0 Å². The molecule has 68 valence electrons. The summed E-state index contributed by atoms with van der Waals surface area (Å²) in [6.45, 7) is 3.94. The molecule has 1 aromatic heterocycles. The van der Waals surface area contributed by atoms with Gasteiger partial charge in [0.1, 0.15) is 0 Å². The third kappa shape index (κ3) is 0.777. The second-order valence-corrected chi connectivity index (χ2v) is 3.63. The number of aromatic amines is 1. The molecule has 2 nitrogen and oxygen atoms in total. The van der Waals surface area contributed by atoms with Crippen LogP contribution in [0, 0.1) is 0 Å². The third-order valence-electron chi connectivity index (χ3n) is 2.76. The maximum Gasteiger partial charge on any atom is 0.252 e. The fourth-order valence-electron chi connectivity index (χ4n) is 2.05. The summed E-state index contributed by atoms with van der Waals surface area (Å²) in [4.78, 5) is 14.4. The smallest absolute Gasteiger partial charge is 0.252 e. The van der Waals surface area contributed by atoms with E-state index in [9.17, 15) is 4.79 Å². The van der Waals surface area contributed by atoms with E-state index in [0.717, 1.165) is 34.0 Å². The van der Waals surface area contributed by atoms with Crippen LogP contribution in [-0.2, 0) is 6.42 Å². The van der Waals surface area contributed by atoms with Crippen molar-refractivity contribution in [1.29, 1.82) is 0 Å². The Bertz CT molecular complexity index is 607. The average Bonchev–Trinajstić information content (AvgIpc) is 2.16. The van der Waals surface area contributed by atoms with Crippen molar-refractivity contribution in [3.05, 3.63) is 52.3 Å². The molecule has 14 heavy (non-hydrogen) atoms. The molecule has 0 saturated carbocycles. The van der Waals surface area contributed by atoms with Gasteiger partial charge in [-0.2, -0.15) is 0 Å². The lowest BCUT2D eigenvalue weighted by Gasteiger charge is -2.22. The second-order valence-electron chi connectivity index (χ2n) is 3.63. The summed E-state index contributed by atoms with van der Waals surface area (Å²) < 4.78 is 0. The molecule has 1 aliphatic rings. The standard InChI is InChI=1S/C12H9NO/c1-7-6-9-11(7)8-4-2-3-5-10(8)13-12(9)14/h2-5H,1,6H2,(H,13,14). The van der Waals surface area contributed by atoms with E-state index in [1.54, 1.807) is 0 Å². The number of allylic oxidation sites excluding steroid dienone is 1. The van der Waals surface area contributed by atoms with Crippen LogP contribution < -0.4 is 5.56 Å². The minimum atomic E-state index is 0.0334. The number of benzene rings is 1. The quantitative estimate of drug-likeness (QED) is 0.666. The van der Waals surface area contributed by atoms with Crippen LogP contribution in [0.1, 0.15) is 11.1 Å². The zero-order chi connectivity index (χ0) is 9.71. The van der Waals surface area contributed by atoms with Crippen molar-refractivity contribution >= 4 is 16.5 Å². The summed E-state index contributed by atoms with van der Waals surface area (Å²) in [5.74, 6) is 0. The molecule has 0 unspecified atom stereocenters. The normalized spacial score (nSPS) is 13.9. The molecule has 1 aliphatic carbocycles. The first-order valence-electron chi connectivity index (χ1n) is 4.59. The van der Waals surface area contributed by atoms with Crippen molar-refractivity contribution in [3.63, 3.8) is 0 Å². The number of rotatable bonds is 0. The van der Waals surface area contributed by atoms with E-state index in [4.69, 9.17) is 0 Å². The predicted molar refractivity (Wildman–Crippen MR) is 57.3 cm³/mol. The van der Waals surface area contributed by atoms with Gasteiger partial charge in [0.15, 0.2) is 0 Å². The largest absolute Gasteiger partial charge is 0.322 e. The molecule has 0 amide bonds. The Morgan fingerprint density at radius 2 is 2.07 bits per heavy atom. The lowest BCUT2D eigenvalue weighted by molar-refractivity contribution is 1.10. The summed E-state index contributed by atoms with van der Waals surface area (Å²) in [6.07, 6.45) is 0.732. The van der Waals surface area contributed by atoms with E-state index in [1.165, 1.54) is 0 Å². The first-order valence-corrected chi connectivity index (χ1v) is 4.59. The Morgan fingerprint density at radius 3 is 2.86 bits per heavy atom. The van der Waals surface area contributed by atoms with Gasteiger partial charge in [-0.05, 0) is 17.2 Å². The van der Waals surface area contributed by atoms with Gasteiger partial charge in [-0.3, -0.25) is 4.79 Å². The number of H-pyrrole nitrogens is 1. The van der Waals surface area contributed by atoms with Crippen LogP contribution in [0.4, 0.5) is 0 Å². The first kappa shape index (κ1) is 7.56. The van der Waals surface area contributed by atoms with E-state index in [-0.39, 0.29) is 5.56 Å². The van der Waals surface area contributed by atoms with Crippen molar-refractivity contribution in [1.82, 2.24) is 4.98 Å². The predicted octanol–water partition coefficient (Wildman–Crippen LogP) is 2.10. The van der Waals surface area contributed by atoms with Crippen LogP contribution in [0.15, 0.2) is 35.6 Å². The number of pyridine rings is 1. The Kier molecular flexibility index (Phi) is 1.27. The van der Waals surface area contributed by atoms with E-state index in [1.807, 2.05) is 24.3 Å². The molecule has 2 heteroatoms. The lowest BCUT2D eigenvalue weighted by atomic mass is 9.82. The number of aromatic nitrogens is 1. The maximum atomic E-state index is 11.6. The summed E-state index contributed by atoms with van der Waals surface area (Å²) in [6, 6.07) is 7.84. The highest BCUT2D eigenvalue weighted by molar-refractivity contribution is 5.97. The van der Waals surface area contributed by atoms with Crippen molar-refractivity contribution in [2.75, 3.05) is 0 Å². The van der Waals surface area contributed by atoms with Gasteiger partial charge < -0.3 is 4.98 Å². The Balaban J connectivity index is 2.58. The molecule has 0 bridgehead atoms. The molecule has 3 rings (SSSR count). The summed E-state index contributed by atoms with van der Waals surface area (Å²) in [7, 11) is 0. The monoisotopic (exact) mass is 183 g/mol. The van der Waals surface area contributed by atoms with Gasteiger partial charge in [-0.15, -0.1) is 0 Å². The van der Waals surface area contributed by atoms with Crippen molar-refractivity contribution in [2.45, 2.75) is 6.42 Å². The fraction of sp³-hybridized carbons (Fsp3) is 0.0833. The molecule has 1 N–H and O–H groups in total. The number of fused-ring (bicyclic) bond motifs is 3. The van der Waals surface area contributed by atoms with Crippen molar-refractivity contribution in [2.24, 2.45) is 0 Å². The molecule has 0 saturated heterocycles. The zero-order valence-corrected chi connectivity index (χ0v) is 7.63. The highest BCUT2D eigenvalue weighted by Crippen LogP contribution is 2.34. The fourth-order valence-corrected chi connectivity index (χ4v) is 2.05. The molecular weight excluding hydrogens is 174 g/mol. The van der Waals surface area contributed by atoms with Gasteiger partial charge in [-0.25, -0.2) is 0 Å². The topological polar surface area (TPSA) is 32.9 Å². The van der Waals surface area contributed by atoms with Crippen LogP contribution in [0.5, 0.6) is 0 Å². The van der Waals surface area contributed by atoms with Crippen LogP contribution in [0.25, 0.3) is 16.5 Å². The maximum absolute atomic E-state index is 11.6. The van der Waals surface area contributed by atoms with E-state index >= 15 is 0 Å². The minimum absolute atomic E-state index is 0.0334. The molecule has 1 heterocycles. The van der Waals surface area contributed by atoms with Gasteiger partial charge >= 0.3 is 0 Å². The highest BCUT2D eigenvalue weighted by Gasteiger charge is 2.23. The second kappa shape index (κ2) is 2.35. The number of hydrogen-bond acceptors (Lipinski definition) is 1. The number of nitrogens with one attached hydrogen (secondary N) is 1. The lowest BCUT2D eigenvalue weighted by Crippen LogP contribution is -2.22. The molecule has 0 radical (unpaired) electrons. The van der Waals surface area contributed by atoms with Crippen molar-refractivity contribution in [3.8, 4) is 0 Å². The number of hydrogen-bond donors (Lipinski definition) is 1. The van der Waals surface area contributed by atoms with Gasteiger partial charge in [0.2, 0.25) is 0 Å². The number of para-hydroxylation sites is 1. The molecule has 0 atom stereocenters. The van der Waals surface area contributed by atoms with E-state index < -0.39 is 0 Å². The Hall–Kier alpha value is -1.83. The summed E-state index contributed by atoms with van der Waals surface area (Å²) in [5, 5.41) is 1.11.